The third-order valence-corrected chi connectivity index (χ3v) is 4.87. The SMILES string of the molecule is O=C(Cc1ccsc1)N1CCCC[C@H]1CCn1cccn1. The lowest BCUT2D eigenvalue weighted by Crippen LogP contribution is -2.44. The highest BCUT2D eigenvalue weighted by atomic mass is 32.1. The molecule has 0 radical (unpaired) electrons. The fourth-order valence-corrected chi connectivity index (χ4v) is 3.68. The van der Waals surface area contributed by atoms with Gasteiger partial charge in [0.2, 0.25) is 5.91 Å². The third-order valence-electron chi connectivity index (χ3n) is 4.13. The second-order valence-electron chi connectivity index (χ2n) is 5.60. The van der Waals surface area contributed by atoms with Gasteiger partial charge in [0.25, 0.3) is 0 Å². The minimum Gasteiger partial charge on any atom is -0.339 e. The van der Waals surface area contributed by atoms with Crippen LogP contribution in [-0.2, 0) is 17.8 Å². The zero-order valence-electron chi connectivity index (χ0n) is 12.1. The lowest BCUT2D eigenvalue weighted by atomic mass is 9.98. The van der Waals surface area contributed by atoms with Crippen molar-refractivity contribution in [1.29, 1.82) is 0 Å². The van der Waals surface area contributed by atoms with Crippen molar-refractivity contribution in [3.05, 3.63) is 40.8 Å². The van der Waals surface area contributed by atoms with Gasteiger partial charge in [-0.1, -0.05) is 0 Å². The summed E-state index contributed by atoms with van der Waals surface area (Å²) >= 11 is 1.66. The van der Waals surface area contributed by atoms with Crippen LogP contribution in [0.25, 0.3) is 0 Å². The first-order valence-electron chi connectivity index (χ1n) is 7.61. The number of hydrogen-bond acceptors (Lipinski definition) is 3. The molecule has 3 rings (SSSR count). The van der Waals surface area contributed by atoms with Gasteiger partial charge < -0.3 is 4.90 Å². The van der Waals surface area contributed by atoms with Crippen molar-refractivity contribution in [1.82, 2.24) is 14.7 Å². The van der Waals surface area contributed by atoms with E-state index < -0.39 is 0 Å². The van der Waals surface area contributed by atoms with E-state index in [-0.39, 0.29) is 5.91 Å². The molecule has 1 saturated heterocycles. The van der Waals surface area contributed by atoms with Crippen molar-refractivity contribution in [2.45, 2.75) is 44.7 Å². The zero-order valence-corrected chi connectivity index (χ0v) is 13.0. The minimum atomic E-state index is 0.276. The Hall–Kier alpha value is -1.62. The summed E-state index contributed by atoms with van der Waals surface area (Å²) in [6.45, 7) is 1.80. The molecule has 0 bridgehead atoms. The maximum atomic E-state index is 12.5. The highest BCUT2D eigenvalue weighted by molar-refractivity contribution is 7.07. The second-order valence-corrected chi connectivity index (χ2v) is 6.38. The molecular weight excluding hydrogens is 282 g/mol. The summed E-state index contributed by atoms with van der Waals surface area (Å²) in [6, 6.07) is 4.36. The number of thiophene rings is 1. The van der Waals surface area contributed by atoms with Gasteiger partial charge in [-0.2, -0.15) is 16.4 Å². The number of rotatable bonds is 5. The molecule has 2 aromatic heterocycles. The molecule has 0 N–H and O–H groups in total. The molecule has 2 aromatic rings. The van der Waals surface area contributed by atoms with Gasteiger partial charge in [-0.15, -0.1) is 0 Å². The van der Waals surface area contributed by atoms with Crippen molar-refractivity contribution in [2.24, 2.45) is 0 Å². The first kappa shape index (κ1) is 14.3. The van der Waals surface area contributed by atoms with Crippen LogP contribution in [0, 0.1) is 0 Å². The Bertz CT molecular complexity index is 550. The molecule has 5 heteroatoms. The van der Waals surface area contributed by atoms with Crippen molar-refractivity contribution >= 4 is 17.2 Å². The van der Waals surface area contributed by atoms with E-state index >= 15 is 0 Å². The van der Waals surface area contributed by atoms with Crippen LogP contribution < -0.4 is 0 Å². The Kier molecular flexibility index (Phi) is 4.70. The molecule has 0 spiro atoms. The van der Waals surface area contributed by atoms with Crippen molar-refractivity contribution in [3.8, 4) is 0 Å². The van der Waals surface area contributed by atoms with Gasteiger partial charge in [-0.05, 0) is 54.1 Å². The zero-order chi connectivity index (χ0) is 14.5. The maximum Gasteiger partial charge on any atom is 0.227 e. The maximum absolute atomic E-state index is 12.5. The van der Waals surface area contributed by atoms with E-state index in [0.29, 0.717) is 12.5 Å². The lowest BCUT2D eigenvalue weighted by molar-refractivity contribution is -0.134. The predicted octanol–water partition coefficient (Wildman–Crippen LogP) is 2.96. The Morgan fingerprint density at radius 1 is 1.43 bits per heavy atom. The van der Waals surface area contributed by atoms with Gasteiger partial charge in [-0.3, -0.25) is 9.48 Å². The van der Waals surface area contributed by atoms with Crippen LogP contribution in [0.4, 0.5) is 0 Å². The summed E-state index contributed by atoms with van der Waals surface area (Å²) in [5.74, 6) is 0.276. The quantitative estimate of drug-likeness (QED) is 0.851. The Labute approximate surface area is 129 Å². The molecule has 0 aromatic carbocycles. The van der Waals surface area contributed by atoms with Crippen LogP contribution in [0.5, 0.6) is 0 Å². The summed E-state index contributed by atoms with van der Waals surface area (Å²) in [7, 11) is 0. The number of piperidine rings is 1. The highest BCUT2D eigenvalue weighted by Gasteiger charge is 2.26. The molecule has 1 aliphatic rings. The monoisotopic (exact) mass is 303 g/mol. The number of amides is 1. The largest absolute Gasteiger partial charge is 0.339 e. The second kappa shape index (κ2) is 6.89. The molecule has 21 heavy (non-hydrogen) atoms. The number of likely N-dealkylation sites (tertiary alicyclic amines) is 1. The number of carbonyl (C=O) groups excluding carboxylic acids is 1. The average Bonchev–Trinajstić information content (AvgIpc) is 3.18. The average molecular weight is 303 g/mol. The van der Waals surface area contributed by atoms with Gasteiger partial charge in [0, 0.05) is 31.5 Å². The normalized spacial score (nSPS) is 18.9. The molecule has 0 aliphatic carbocycles. The predicted molar refractivity (Wildman–Crippen MR) is 84.2 cm³/mol. The number of carbonyl (C=O) groups is 1. The number of aromatic nitrogens is 2. The van der Waals surface area contributed by atoms with Crippen LogP contribution in [0.1, 0.15) is 31.2 Å². The number of hydrogen-bond donors (Lipinski definition) is 0. The van der Waals surface area contributed by atoms with E-state index in [0.717, 1.165) is 37.9 Å². The minimum absolute atomic E-state index is 0.276. The Balaban J connectivity index is 1.59. The first-order chi connectivity index (χ1) is 10.3. The summed E-state index contributed by atoms with van der Waals surface area (Å²) in [5, 5.41) is 8.35. The molecule has 1 atom stereocenters. The van der Waals surface area contributed by atoms with Crippen molar-refractivity contribution in [2.75, 3.05) is 6.54 Å². The molecule has 0 saturated carbocycles. The molecule has 1 amide bonds. The van der Waals surface area contributed by atoms with E-state index in [4.69, 9.17) is 0 Å². The summed E-state index contributed by atoms with van der Waals surface area (Å²) < 4.78 is 1.95. The van der Waals surface area contributed by atoms with Crippen LogP contribution in [0.15, 0.2) is 35.3 Å². The van der Waals surface area contributed by atoms with Gasteiger partial charge in [0.15, 0.2) is 0 Å². The van der Waals surface area contributed by atoms with Crippen molar-refractivity contribution in [3.63, 3.8) is 0 Å². The van der Waals surface area contributed by atoms with Crippen LogP contribution in [-0.4, -0.2) is 33.2 Å². The van der Waals surface area contributed by atoms with E-state index in [2.05, 4.69) is 15.4 Å². The Morgan fingerprint density at radius 3 is 3.14 bits per heavy atom. The first-order valence-corrected chi connectivity index (χ1v) is 8.55. The van der Waals surface area contributed by atoms with E-state index in [1.165, 1.54) is 6.42 Å². The van der Waals surface area contributed by atoms with Gasteiger partial charge in [0.1, 0.15) is 0 Å². The smallest absolute Gasteiger partial charge is 0.227 e. The van der Waals surface area contributed by atoms with Crippen LogP contribution in [0.2, 0.25) is 0 Å². The number of nitrogens with zero attached hydrogens (tertiary/aromatic N) is 3. The fourth-order valence-electron chi connectivity index (χ4n) is 3.01. The van der Waals surface area contributed by atoms with Gasteiger partial charge in [-0.25, -0.2) is 0 Å². The van der Waals surface area contributed by atoms with E-state index in [1.54, 1.807) is 17.5 Å². The topological polar surface area (TPSA) is 38.1 Å². The van der Waals surface area contributed by atoms with Crippen LogP contribution in [0.3, 0.4) is 0 Å². The van der Waals surface area contributed by atoms with Crippen molar-refractivity contribution < 1.29 is 4.79 Å². The molecule has 4 nitrogen and oxygen atoms in total. The van der Waals surface area contributed by atoms with E-state index in [1.807, 2.05) is 28.4 Å². The van der Waals surface area contributed by atoms with Gasteiger partial charge >= 0.3 is 0 Å². The molecule has 1 fully saturated rings. The van der Waals surface area contributed by atoms with Crippen LogP contribution >= 0.6 is 11.3 Å². The summed E-state index contributed by atoms with van der Waals surface area (Å²) in [6.07, 6.45) is 8.82. The Morgan fingerprint density at radius 2 is 2.38 bits per heavy atom. The molecule has 1 aliphatic heterocycles. The molecular formula is C16H21N3OS. The number of aryl methyl sites for hydroxylation is 1. The summed E-state index contributed by atoms with van der Waals surface area (Å²) in [5.41, 5.74) is 1.14. The molecule has 0 unspecified atom stereocenters. The standard InChI is InChI=1S/C16H21N3OS/c20-16(12-14-6-11-21-13-14)19-9-2-1-4-15(19)5-10-18-8-3-7-17-18/h3,6-8,11,13,15H,1-2,4-5,9-10,12H2/t15-/m0/s1. The summed E-state index contributed by atoms with van der Waals surface area (Å²) in [4.78, 5) is 14.6. The van der Waals surface area contributed by atoms with Gasteiger partial charge in [0.05, 0.1) is 6.42 Å². The van der Waals surface area contributed by atoms with E-state index in [9.17, 15) is 4.79 Å². The third kappa shape index (κ3) is 3.73. The molecule has 112 valence electrons. The molecule has 3 heterocycles. The fraction of sp³-hybridized carbons (Fsp3) is 0.500. The lowest BCUT2D eigenvalue weighted by Gasteiger charge is -2.36. The highest BCUT2D eigenvalue weighted by Crippen LogP contribution is 2.21.